The Hall–Kier alpha value is -1.77. The Morgan fingerprint density at radius 2 is 2.16 bits per heavy atom. The molecule has 8 heteroatoms. The average Bonchev–Trinajstić information content (AvgIpc) is 3.14. The summed E-state index contributed by atoms with van der Waals surface area (Å²) in [5.41, 5.74) is 1.16. The number of ether oxygens (including phenoxy) is 2. The number of anilines is 1. The Kier molecular flexibility index (Phi) is 6.55. The Bertz CT molecular complexity index is 571. The quantitative estimate of drug-likeness (QED) is 0.738. The minimum absolute atomic E-state index is 0.168. The number of carbonyl (C=O) groups is 1. The number of aromatic nitrogens is 2. The van der Waals surface area contributed by atoms with E-state index in [0.717, 1.165) is 58.0 Å². The van der Waals surface area contributed by atoms with Gasteiger partial charge in [-0.1, -0.05) is 0 Å². The summed E-state index contributed by atoms with van der Waals surface area (Å²) in [7, 11) is 0. The maximum Gasteiger partial charge on any atom is 0.270 e. The molecule has 138 valence electrons. The van der Waals surface area contributed by atoms with Crippen LogP contribution in [-0.2, 0) is 9.47 Å². The third kappa shape index (κ3) is 5.62. The van der Waals surface area contributed by atoms with Crippen molar-refractivity contribution in [2.24, 2.45) is 0 Å². The summed E-state index contributed by atoms with van der Waals surface area (Å²) in [6.07, 6.45) is 2.35. The molecular weight excluding hydrogens is 322 g/mol. The van der Waals surface area contributed by atoms with Crippen molar-refractivity contribution in [1.82, 2.24) is 20.2 Å². The lowest BCUT2D eigenvalue weighted by atomic mass is 10.2. The molecule has 0 saturated carbocycles. The number of hydrogen-bond acceptors (Lipinski definition) is 7. The van der Waals surface area contributed by atoms with Gasteiger partial charge < -0.3 is 20.1 Å². The number of aryl methyl sites for hydroxylation is 1. The molecule has 1 unspecified atom stereocenters. The van der Waals surface area contributed by atoms with E-state index in [-0.39, 0.29) is 12.0 Å². The van der Waals surface area contributed by atoms with E-state index in [2.05, 4.69) is 25.5 Å². The zero-order valence-electron chi connectivity index (χ0n) is 14.8. The van der Waals surface area contributed by atoms with Crippen LogP contribution in [0.5, 0.6) is 0 Å². The SMILES string of the molecule is Cc1cc(C(=O)NCCN2CCOCC2)nc(NCC2CCCO2)n1. The normalized spacial score (nSPS) is 21.2. The lowest BCUT2D eigenvalue weighted by Crippen LogP contribution is -2.41. The molecule has 1 aromatic heterocycles. The minimum Gasteiger partial charge on any atom is -0.379 e. The minimum atomic E-state index is -0.168. The van der Waals surface area contributed by atoms with Crippen LogP contribution in [0.15, 0.2) is 6.07 Å². The van der Waals surface area contributed by atoms with Gasteiger partial charge in [-0.3, -0.25) is 9.69 Å². The zero-order valence-corrected chi connectivity index (χ0v) is 14.8. The largest absolute Gasteiger partial charge is 0.379 e. The van der Waals surface area contributed by atoms with Gasteiger partial charge in [0.15, 0.2) is 0 Å². The molecule has 2 saturated heterocycles. The first-order valence-corrected chi connectivity index (χ1v) is 9.00. The molecule has 0 spiro atoms. The van der Waals surface area contributed by atoms with Crippen LogP contribution in [0, 0.1) is 6.92 Å². The van der Waals surface area contributed by atoms with E-state index in [1.54, 1.807) is 6.07 Å². The van der Waals surface area contributed by atoms with E-state index in [9.17, 15) is 4.79 Å². The van der Waals surface area contributed by atoms with Gasteiger partial charge in [-0.05, 0) is 25.8 Å². The second kappa shape index (κ2) is 9.07. The lowest BCUT2D eigenvalue weighted by Gasteiger charge is -2.26. The van der Waals surface area contributed by atoms with Gasteiger partial charge in [0.05, 0.1) is 19.3 Å². The lowest BCUT2D eigenvalue weighted by molar-refractivity contribution is 0.0383. The molecule has 3 rings (SSSR count). The topological polar surface area (TPSA) is 88.6 Å². The Balaban J connectivity index is 1.48. The van der Waals surface area contributed by atoms with Gasteiger partial charge in [0.2, 0.25) is 5.95 Å². The molecule has 25 heavy (non-hydrogen) atoms. The highest BCUT2D eigenvalue weighted by molar-refractivity contribution is 5.92. The molecule has 1 amide bonds. The van der Waals surface area contributed by atoms with Crippen molar-refractivity contribution in [3.63, 3.8) is 0 Å². The first kappa shape index (κ1) is 18.0. The number of amides is 1. The van der Waals surface area contributed by atoms with Crippen molar-refractivity contribution in [3.05, 3.63) is 17.5 Å². The van der Waals surface area contributed by atoms with Crippen molar-refractivity contribution in [1.29, 1.82) is 0 Å². The highest BCUT2D eigenvalue weighted by Crippen LogP contribution is 2.13. The highest BCUT2D eigenvalue weighted by Gasteiger charge is 2.17. The van der Waals surface area contributed by atoms with E-state index in [4.69, 9.17) is 9.47 Å². The van der Waals surface area contributed by atoms with Crippen LogP contribution in [0.3, 0.4) is 0 Å². The van der Waals surface area contributed by atoms with Crippen LogP contribution < -0.4 is 10.6 Å². The standard InChI is InChI=1S/C17H27N5O3/c1-13-11-15(16(23)18-4-5-22-6-9-24-10-7-22)21-17(20-13)19-12-14-3-2-8-25-14/h11,14H,2-10,12H2,1H3,(H,18,23)(H,19,20,21). The van der Waals surface area contributed by atoms with E-state index >= 15 is 0 Å². The first-order valence-electron chi connectivity index (χ1n) is 9.00. The van der Waals surface area contributed by atoms with Crippen LogP contribution >= 0.6 is 0 Å². The van der Waals surface area contributed by atoms with Crippen molar-refractivity contribution in [2.75, 3.05) is 57.9 Å². The molecule has 3 heterocycles. The van der Waals surface area contributed by atoms with Gasteiger partial charge in [0, 0.05) is 45.0 Å². The third-order valence-electron chi connectivity index (χ3n) is 4.42. The van der Waals surface area contributed by atoms with Crippen LogP contribution in [0.1, 0.15) is 29.0 Å². The van der Waals surface area contributed by atoms with Gasteiger partial charge in [0.1, 0.15) is 5.69 Å². The summed E-state index contributed by atoms with van der Waals surface area (Å²) in [4.78, 5) is 23.3. The van der Waals surface area contributed by atoms with Gasteiger partial charge in [-0.25, -0.2) is 9.97 Å². The summed E-state index contributed by atoms with van der Waals surface area (Å²) >= 11 is 0. The van der Waals surface area contributed by atoms with Gasteiger partial charge in [-0.15, -0.1) is 0 Å². The molecule has 2 fully saturated rings. The molecule has 8 nitrogen and oxygen atoms in total. The summed E-state index contributed by atoms with van der Waals surface area (Å²) in [6, 6.07) is 1.71. The van der Waals surface area contributed by atoms with Crippen molar-refractivity contribution in [3.8, 4) is 0 Å². The number of nitrogens with zero attached hydrogens (tertiary/aromatic N) is 3. The summed E-state index contributed by atoms with van der Waals surface area (Å²) in [6.45, 7) is 8.13. The fourth-order valence-corrected chi connectivity index (χ4v) is 3.02. The summed E-state index contributed by atoms with van der Waals surface area (Å²) in [5.74, 6) is 0.313. The van der Waals surface area contributed by atoms with Crippen LogP contribution in [-0.4, -0.2) is 79.4 Å². The predicted molar refractivity (Wildman–Crippen MR) is 93.8 cm³/mol. The molecule has 1 atom stereocenters. The van der Waals surface area contributed by atoms with Crippen molar-refractivity contribution >= 4 is 11.9 Å². The van der Waals surface area contributed by atoms with E-state index in [1.807, 2.05) is 6.92 Å². The Labute approximate surface area is 148 Å². The number of nitrogens with one attached hydrogen (secondary N) is 2. The molecule has 1 aromatic rings. The highest BCUT2D eigenvalue weighted by atomic mass is 16.5. The molecular formula is C17H27N5O3. The molecule has 2 aliphatic rings. The van der Waals surface area contributed by atoms with E-state index in [1.165, 1.54) is 0 Å². The third-order valence-corrected chi connectivity index (χ3v) is 4.42. The smallest absolute Gasteiger partial charge is 0.270 e. The number of rotatable bonds is 7. The summed E-state index contributed by atoms with van der Waals surface area (Å²) < 4.78 is 10.9. The van der Waals surface area contributed by atoms with Crippen molar-refractivity contribution < 1.29 is 14.3 Å². The molecule has 0 aromatic carbocycles. The van der Waals surface area contributed by atoms with Crippen LogP contribution in [0.4, 0.5) is 5.95 Å². The van der Waals surface area contributed by atoms with E-state index in [0.29, 0.717) is 24.7 Å². The van der Waals surface area contributed by atoms with Crippen LogP contribution in [0.25, 0.3) is 0 Å². The van der Waals surface area contributed by atoms with Gasteiger partial charge in [-0.2, -0.15) is 0 Å². The molecule has 0 radical (unpaired) electrons. The Morgan fingerprint density at radius 1 is 1.32 bits per heavy atom. The number of carbonyl (C=O) groups excluding carboxylic acids is 1. The molecule has 0 aliphatic carbocycles. The second-order valence-electron chi connectivity index (χ2n) is 6.44. The second-order valence-corrected chi connectivity index (χ2v) is 6.44. The zero-order chi connectivity index (χ0) is 17.5. The Morgan fingerprint density at radius 3 is 2.92 bits per heavy atom. The first-order chi connectivity index (χ1) is 12.2. The van der Waals surface area contributed by atoms with Crippen molar-refractivity contribution in [2.45, 2.75) is 25.9 Å². The maximum absolute atomic E-state index is 12.4. The number of morpholine rings is 1. The van der Waals surface area contributed by atoms with Gasteiger partial charge in [0.25, 0.3) is 5.91 Å². The maximum atomic E-state index is 12.4. The fraction of sp³-hybridized carbons (Fsp3) is 0.706. The van der Waals surface area contributed by atoms with E-state index < -0.39 is 0 Å². The monoisotopic (exact) mass is 349 g/mol. The average molecular weight is 349 g/mol. The predicted octanol–water partition coefficient (Wildman–Crippen LogP) is 0.438. The molecule has 2 N–H and O–H groups in total. The molecule has 2 aliphatic heterocycles. The molecule has 0 bridgehead atoms. The fourth-order valence-electron chi connectivity index (χ4n) is 3.02. The number of hydrogen-bond donors (Lipinski definition) is 2. The van der Waals surface area contributed by atoms with Crippen LogP contribution in [0.2, 0.25) is 0 Å². The summed E-state index contributed by atoms with van der Waals surface area (Å²) in [5, 5.41) is 6.11. The van der Waals surface area contributed by atoms with Gasteiger partial charge >= 0.3 is 0 Å².